The number of hydrogen-bond donors (Lipinski definition) is 1. The molecule has 2 aliphatic heterocycles. The highest BCUT2D eigenvalue weighted by Gasteiger charge is 2.44. The molecule has 0 amide bonds. The summed E-state index contributed by atoms with van der Waals surface area (Å²) < 4.78 is 0. The van der Waals surface area contributed by atoms with Crippen molar-refractivity contribution in [3.8, 4) is 0 Å². The van der Waals surface area contributed by atoms with Crippen LogP contribution in [0.25, 0.3) is 6.08 Å². The van der Waals surface area contributed by atoms with Gasteiger partial charge >= 0.3 is 0 Å². The molecule has 4 atom stereocenters. The Morgan fingerprint density at radius 1 is 0.900 bits per heavy atom. The lowest BCUT2D eigenvalue weighted by Gasteiger charge is -2.55. The maximum absolute atomic E-state index is 11.4. The van der Waals surface area contributed by atoms with Gasteiger partial charge in [-0.1, -0.05) is 43.9 Å². The van der Waals surface area contributed by atoms with Gasteiger partial charge in [-0.2, -0.15) is 0 Å². The second-order valence-corrected chi connectivity index (χ2v) is 10.6. The van der Waals surface area contributed by atoms with Gasteiger partial charge in [-0.3, -0.25) is 9.69 Å². The van der Waals surface area contributed by atoms with Crippen molar-refractivity contribution in [3.63, 3.8) is 0 Å². The molecule has 4 bridgehead atoms. The van der Waals surface area contributed by atoms with Crippen LogP contribution in [0.5, 0.6) is 0 Å². The summed E-state index contributed by atoms with van der Waals surface area (Å²) in [5.74, 6) is 2.13. The highest BCUT2D eigenvalue weighted by atomic mass is 16.1. The highest BCUT2D eigenvalue weighted by Crippen LogP contribution is 2.46. The zero-order chi connectivity index (χ0) is 20.5. The second kappa shape index (κ2) is 8.86. The molecule has 2 heterocycles. The van der Waals surface area contributed by atoms with Crippen LogP contribution in [0.1, 0.15) is 83.1 Å². The van der Waals surface area contributed by atoms with Crippen LogP contribution < -0.4 is 5.32 Å². The number of allylic oxidation sites excluding steroid dienone is 1. The number of fused-ring (bicyclic) bond motifs is 4. The number of benzene rings is 1. The standard InChI is InChI=1S/C27H38N2O/c1-19(30)12-13-22-8-2-3-11-27(22)28-23-17-24-9-5-10-25(18-23)29(24)26-15-20-6-4-7-21(14-20)16-26/h2-3,8,11-13,20-21,23-26,28H,4-7,9-10,14-18H2,1H3/b13-12+. The zero-order valence-electron chi connectivity index (χ0n) is 18.6. The van der Waals surface area contributed by atoms with Crippen molar-refractivity contribution in [2.24, 2.45) is 11.8 Å². The molecular formula is C27H38N2O. The number of rotatable bonds is 5. The van der Waals surface area contributed by atoms with Crippen molar-refractivity contribution < 1.29 is 4.79 Å². The molecule has 5 rings (SSSR count). The number of ketones is 1. The van der Waals surface area contributed by atoms with E-state index >= 15 is 0 Å². The van der Waals surface area contributed by atoms with E-state index in [0.29, 0.717) is 6.04 Å². The van der Waals surface area contributed by atoms with Crippen molar-refractivity contribution in [1.82, 2.24) is 4.90 Å². The van der Waals surface area contributed by atoms with E-state index in [-0.39, 0.29) is 5.78 Å². The molecule has 2 saturated carbocycles. The predicted molar refractivity (Wildman–Crippen MR) is 125 cm³/mol. The SMILES string of the molecule is CC(=O)/C=C/c1ccccc1NC1CC2CCCC(C1)N2C1CC2CCCC(C2)C1. The summed E-state index contributed by atoms with van der Waals surface area (Å²) in [6.07, 6.45) is 19.3. The van der Waals surface area contributed by atoms with Gasteiger partial charge in [-0.15, -0.1) is 0 Å². The number of hydrogen-bond acceptors (Lipinski definition) is 3. The van der Waals surface area contributed by atoms with E-state index in [2.05, 4.69) is 34.5 Å². The Bertz CT molecular complexity index is 761. The second-order valence-electron chi connectivity index (χ2n) is 10.6. The van der Waals surface area contributed by atoms with Crippen LogP contribution in [0, 0.1) is 11.8 Å². The van der Waals surface area contributed by atoms with E-state index in [0.717, 1.165) is 35.5 Å². The van der Waals surface area contributed by atoms with Gasteiger partial charge < -0.3 is 5.32 Å². The summed E-state index contributed by atoms with van der Waals surface area (Å²) in [5, 5.41) is 3.88. The number of para-hydroxylation sites is 1. The quantitative estimate of drug-likeness (QED) is 0.604. The van der Waals surface area contributed by atoms with Crippen LogP contribution >= 0.6 is 0 Å². The van der Waals surface area contributed by atoms with Crippen LogP contribution in [0.2, 0.25) is 0 Å². The maximum atomic E-state index is 11.4. The van der Waals surface area contributed by atoms with Gasteiger partial charge in [0.2, 0.25) is 0 Å². The first-order chi connectivity index (χ1) is 14.7. The Labute approximate surface area is 182 Å². The van der Waals surface area contributed by atoms with Gasteiger partial charge in [0.05, 0.1) is 0 Å². The Morgan fingerprint density at radius 2 is 1.57 bits per heavy atom. The van der Waals surface area contributed by atoms with Gasteiger partial charge in [0.1, 0.15) is 0 Å². The van der Waals surface area contributed by atoms with Crippen molar-refractivity contribution in [3.05, 3.63) is 35.9 Å². The molecule has 4 aliphatic rings. The van der Waals surface area contributed by atoms with Crippen LogP contribution in [0.15, 0.2) is 30.3 Å². The molecule has 1 N–H and O–H groups in total. The summed E-state index contributed by atoms with van der Waals surface area (Å²) in [6.45, 7) is 1.61. The van der Waals surface area contributed by atoms with Crippen LogP contribution in [0.3, 0.4) is 0 Å². The molecule has 0 radical (unpaired) electrons. The van der Waals surface area contributed by atoms with Crippen LogP contribution in [-0.4, -0.2) is 34.9 Å². The maximum Gasteiger partial charge on any atom is 0.152 e. The fourth-order valence-electron chi connectivity index (χ4n) is 7.27. The van der Waals surface area contributed by atoms with Crippen molar-refractivity contribution in [2.75, 3.05) is 5.32 Å². The van der Waals surface area contributed by atoms with E-state index in [9.17, 15) is 4.79 Å². The first-order valence-electron chi connectivity index (χ1n) is 12.5. The minimum Gasteiger partial charge on any atom is -0.382 e. The van der Waals surface area contributed by atoms with Crippen molar-refractivity contribution >= 4 is 17.5 Å². The van der Waals surface area contributed by atoms with E-state index in [1.54, 1.807) is 13.0 Å². The molecule has 2 aliphatic carbocycles. The highest BCUT2D eigenvalue weighted by molar-refractivity contribution is 5.92. The fraction of sp³-hybridized carbons (Fsp3) is 0.667. The number of nitrogens with one attached hydrogen (secondary N) is 1. The third-order valence-corrected chi connectivity index (χ3v) is 8.37. The summed E-state index contributed by atoms with van der Waals surface area (Å²) in [4.78, 5) is 14.4. The van der Waals surface area contributed by atoms with Crippen LogP contribution in [0.4, 0.5) is 5.69 Å². The monoisotopic (exact) mass is 406 g/mol. The van der Waals surface area contributed by atoms with Gasteiger partial charge in [0.25, 0.3) is 0 Å². The predicted octanol–water partition coefficient (Wildman–Crippen LogP) is 6.06. The van der Waals surface area contributed by atoms with Gasteiger partial charge in [0, 0.05) is 29.9 Å². The fourth-order valence-corrected chi connectivity index (χ4v) is 7.27. The van der Waals surface area contributed by atoms with E-state index < -0.39 is 0 Å². The Balaban J connectivity index is 1.28. The van der Waals surface area contributed by atoms with Crippen molar-refractivity contribution in [1.29, 1.82) is 0 Å². The summed E-state index contributed by atoms with van der Waals surface area (Å²) in [6, 6.07) is 11.4. The first-order valence-corrected chi connectivity index (χ1v) is 12.5. The lowest BCUT2D eigenvalue weighted by Crippen LogP contribution is -2.60. The molecule has 0 spiro atoms. The lowest BCUT2D eigenvalue weighted by molar-refractivity contribution is -0.112. The largest absolute Gasteiger partial charge is 0.382 e. The average Bonchev–Trinajstić information content (AvgIpc) is 2.72. The molecule has 162 valence electrons. The number of anilines is 1. The molecule has 1 aromatic rings. The van der Waals surface area contributed by atoms with E-state index in [1.807, 2.05) is 6.08 Å². The molecular weight excluding hydrogens is 368 g/mol. The molecule has 1 aromatic carbocycles. The summed E-state index contributed by atoms with van der Waals surface area (Å²) >= 11 is 0. The molecule has 4 unspecified atom stereocenters. The Hall–Kier alpha value is -1.61. The Morgan fingerprint density at radius 3 is 2.27 bits per heavy atom. The number of nitrogens with zero attached hydrogens (tertiary/aromatic N) is 1. The lowest BCUT2D eigenvalue weighted by atomic mass is 9.68. The molecule has 2 saturated heterocycles. The first kappa shape index (κ1) is 20.3. The smallest absolute Gasteiger partial charge is 0.152 e. The summed E-state index contributed by atoms with van der Waals surface area (Å²) in [5.41, 5.74) is 2.30. The molecule has 4 fully saturated rings. The number of carbonyl (C=O) groups is 1. The minimum absolute atomic E-state index is 0.102. The molecule has 0 aromatic heterocycles. The normalized spacial score (nSPS) is 36.6. The number of piperidine rings is 2. The average molecular weight is 407 g/mol. The third-order valence-electron chi connectivity index (χ3n) is 8.37. The molecule has 3 heteroatoms. The minimum atomic E-state index is 0.102. The van der Waals surface area contributed by atoms with Gasteiger partial charge in [-0.05, 0) is 87.5 Å². The van der Waals surface area contributed by atoms with Crippen molar-refractivity contribution in [2.45, 2.75) is 102 Å². The van der Waals surface area contributed by atoms with E-state index in [4.69, 9.17) is 0 Å². The van der Waals surface area contributed by atoms with Gasteiger partial charge in [-0.25, -0.2) is 0 Å². The topological polar surface area (TPSA) is 32.3 Å². The molecule has 3 nitrogen and oxygen atoms in total. The summed E-state index contributed by atoms with van der Waals surface area (Å²) in [7, 11) is 0. The molecule has 30 heavy (non-hydrogen) atoms. The van der Waals surface area contributed by atoms with Crippen LogP contribution in [-0.2, 0) is 4.79 Å². The van der Waals surface area contributed by atoms with E-state index in [1.165, 1.54) is 76.3 Å². The zero-order valence-corrected chi connectivity index (χ0v) is 18.6. The third kappa shape index (κ3) is 4.37. The van der Waals surface area contributed by atoms with Gasteiger partial charge in [0.15, 0.2) is 5.78 Å². The number of carbonyl (C=O) groups excluding carboxylic acids is 1. The Kier molecular flexibility index (Phi) is 6.00.